The van der Waals surface area contributed by atoms with Gasteiger partial charge in [-0.05, 0) is 46.9 Å². The molecule has 0 bridgehead atoms. The van der Waals surface area contributed by atoms with Gasteiger partial charge in [-0.1, -0.05) is 91.0 Å². The van der Waals surface area contributed by atoms with E-state index in [4.69, 9.17) is 5.73 Å². The zero-order valence-corrected chi connectivity index (χ0v) is 23.0. The van der Waals surface area contributed by atoms with E-state index in [0.717, 1.165) is 21.9 Å². The van der Waals surface area contributed by atoms with Gasteiger partial charge in [0.1, 0.15) is 0 Å². The van der Waals surface area contributed by atoms with E-state index in [9.17, 15) is 14.4 Å². The first-order valence-electron chi connectivity index (χ1n) is 14.2. The molecule has 0 spiro atoms. The van der Waals surface area contributed by atoms with Gasteiger partial charge in [-0.25, -0.2) is 0 Å². The molecule has 1 heterocycles. The molecule has 0 radical (unpaired) electrons. The van der Waals surface area contributed by atoms with E-state index < -0.39 is 11.9 Å². The van der Waals surface area contributed by atoms with Gasteiger partial charge in [-0.3, -0.25) is 14.4 Å². The summed E-state index contributed by atoms with van der Waals surface area (Å²) in [5.41, 5.74) is 8.31. The summed E-state index contributed by atoms with van der Waals surface area (Å²) >= 11 is 0. The lowest BCUT2D eigenvalue weighted by molar-refractivity contribution is -0.133. The van der Waals surface area contributed by atoms with E-state index >= 15 is 0 Å². The number of amides is 3. The van der Waals surface area contributed by atoms with Crippen LogP contribution in [0.25, 0.3) is 10.8 Å². The Balaban J connectivity index is 1.31. The molecule has 4 N–H and O–H groups in total. The highest BCUT2D eigenvalue weighted by atomic mass is 16.2. The van der Waals surface area contributed by atoms with Crippen LogP contribution in [0.15, 0.2) is 103 Å². The summed E-state index contributed by atoms with van der Waals surface area (Å²) in [7, 11) is 0. The Labute approximate surface area is 240 Å². The Kier molecular flexibility index (Phi) is 9.06. The smallest absolute Gasteiger partial charge is 0.251 e. The highest BCUT2D eigenvalue weighted by Crippen LogP contribution is 2.27. The van der Waals surface area contributed by atoms with E-state index in [2.05, 4.69) is 34.9 Å². The van der Waals surface area contributed by atoms with Crippen molar-refractivity contribution in [2.75, 3.05) is 19.6 Å². The minimum atomic E-state index is -0.570. The first kappa shape index (κ1) is 28.1. The van der Waals surface area contributed by atoms with Crippen molar-refractivity contribution in [3.8, 4) is 0 Å². The van der Waals surface area contributed by atoms with Crippen LogP contribution in [0, 0.1) is 0 Å². The summed E-state index contributed by atoms with van der Waals surface area (Å²) in [6.45, 7) is 1.41. The molecule has 0 unspecified atom stereocenters. The second-order valence-electron chi connectivity index (χ2n) is 10.6. The maximum Gasteiger partial charge on any atom is 0.251 e. The van der Waals surface area contributed by atoms with Gasteiger partial charge in [0.05, 0.1) is 6.04 Å². The van der Waals surface area contributed by atoms with Crippen molar-refractivity contribution in [1.29, 1.82) is 0 Å². The average molecular weight is 549 g/mol. The van der Waals surface area contributed by atoms with E-state index in [0.29, 0.717) is 38.0 Å². The first-order chi connectivity index (χ1) is 20.0. The van der Waals surface area contributed by atoms with Crippen LogP contribution in [0.2, 0.25) is 0 Å². The SMILES string of the molecule is NC(=O)CC[C@@H]1N[C@H](CNC(=O)c2ccc3ccccc3c2)CCN(CC(c2ccccc2)c2ccccc2)C1=O. The van der Waals surface area contributed by atoms with Crippen molar-refractivity contribution in [2.24, 2.45) is 5.73 Å². The van der Waals surface area contributed by atoms with Crippen LogP contribution >= 0.6 is 0 Å². The van der Waals surface area contributed by atoms with Crippen molar-refractivity contribution in [3.05, 3.63) is 120 Å². The second kappa shape index (κ2) is 13.2. The van der Waals surface area contributed by atoms with Crippen LogP contribution in [0.1, 0.15) is 46.7 Å². The molecule has 2 atom stereocenters. The molecule has 4 aromatic carbocycles. The Bertz CT molecular complexity index is 1450. The molecule has 3 amide bonds. The average Bonchev–Trinajstić information content (AvgIpc) is 3.16. The Morgan fingerprint density at radius 3 is 2.17 bits per heavy atom. The van der Waals surface area contributed by atoms with Gasteiger partial charge in [-0.15, -0.1) is 0 Å². The largest absolute Gasteiger partial charge is 0.370 e. The van der Waals surface area contributed by atoms with Crippen LogP contribution < -0.4 is 16.4 Å². The summed E-state index contributed by atoms with van der Waals surface area (Å²) in [6, 6.07) is 33.3. The van der Waals surface area contributed by atoms with Gasteiger partial charge in [0.25, 0.3) is 5.91 Å². The van der Waals surface area contributed by atoms with Crippen LogP contribution in [0.5, 0.6) is 0 Å². The fourth-order valence-electron chi connectivity index (χ4n) is 5.56. The summed E-state index contributed by atoms with van der Waals surface area (Å²) in [5.74, 6) is -0.649. The van der Waals surface area contributed by atoms with Crippen molar-refractivity contribution in [2.45, 2.75) is 37.3 Å². The van der Waals surface area contributed by atoms with E-state index in [1.807, 2.05) is 83.8 Å². The maximum atomic E-state index is 13.8. The Hall–Kier alpha value is -4.49. The quantitative estimate of drug-likeness (QED) is 0.276. The van der Waals surface area contributed by atoms with Gasteiger partial charge in [0.15, 0.2) is 0 Å². The molecular weight excluding hydrogens is 512 g/mol. The van der Waals surface area contributed by atoms with Crippen molar-refractivity contribution in [1.82, 2.24) is 15.5 Å². The van der Waals surface area contributed by atoms with Crippen molar-refractivity contribution >= 4 is 28.5 Å². The molecule has 7 heteroatoms. The van der Waals surface area contributed by atoms with Gasteiger partial charge in [0, 0.05) is 43.6 Å². The predicted molar refractivity (Wildman–Crippen MR) is 161 cm³/mol. The van der Waals surface area contributed by atoms with Gasteiger partial charge >= 0.3 is 0 Å². The molecule has 0 saturated carbocycles. The Morgan fingerprint density at radius 1 is 0.878 bits per heavy atom. The molecule has 1 aliphatic heterocycles. The van der Waals surface area contributed by atoms with Crippen molar-refractivity contribution < 1.29 is 14.4 Å². The number of primary amides is 1. The number of hydrogen-bond acceptors (Lipinski definition) is 4. The number of nitrogens with one attached hydrogen (secondary N) is 2. The van der Waals surface area contributed by atoms with E-state index in [1.54, 1.807) is 0 Å². The minimum absolute atomic E-state index is 0.00213. The minimum Gasteiger partial charge on any atom is -0.370 e. The third-order valence-corrected chi connectivity index (χ3v) is 7.80. The van der Waals surface area contributed by atoms with Crippen molar-refractivity contribution in [3.63, 3.8) is 0 Å². The lowest BCUT2D eigenvalue weighted by Crippen LogP contribution is -2.49. The molecule has 1 fully saturated rings. The molecule has 41 heavy (non-hydrogen) atoms. The highest BCUT2D eigenvalue weighted by molar-refractivity contribution is 5.98. The van der Waals surface area contributed by atoms with Gasteiger partial charge < -0.3 is 21.3 Å². The number of carbonyl (C=O) groups excluding carboxylic acids is 3. The maximum absolute atomic E-state index is 13.8. The molecule has 7 nitrogen and oxygen atoms in total. The molecule has 5 rings (SSSR count). The third-order valence-electron chi connectivity index (χ3n) is 7.80. The second-order valence-corrected chi connectivity index (χ2v) is 10.6. The monoisotopic (exact) mass is 548 g/mol. The predicted octanol–water partition coefficient (Wildman–Crippen LogP) is 4.23. The number of rotatable bonds is 10. The topological polar surface area (TPSA) is 105 Å². The first-order valence-corrected chi connectivity index (χ1v) is 14.2. The molecule has 1 saturated heterocycles. The standard InChI is InChI=1S/C34H36N4O3/c35-32(39)18-17-31-34(41)38(23-30(25-10-3-1-4-11-25)26-12-5-2-6-13-26)20-19-29(37-31)22-36-33(40)28-16-15-24-9-7-8-14-27(24)21-28/h1-16,21,29-31,37H,17-20,22-23H2,(H2,35,39)(H,36,40)/t29-,31-/m0/s1. The molecule has 210 valence electrons. The zero-order valence-electron chi connectivity index (χ0n) is 23.0. The van der Waals surface area contributed by atoms with E-state index in [-0.39, 0.29) is 30.2 Å². The lowest BCUT2D eigenvalue weighted by Gasteiger charge is -2.29. The molecule has 1 aliphatic rings. The summed E-state index contributed by atoms with van der Waals surface area (Å²) < 4.78 is 0. The van der Waals surface area contributed by atoms with Crippen LogP contribution in [0.3, 0.4) is 0 Å². The molecule has 0 aromatic heterocycles. The zero-order chi connectivity index (χ0) is 28.6. The third kappa shape index (κ3) is 7.18. The number of nitrogens with two attached hydrogens (primary N) is 1. The Morgan fingerprint density at radius 2 is 1.51 bits per heavy atom. The number of fused-ring (bicyclic) bond motifs is 1. The summed E-state index contributed by atoms with van der Waals surface area (Å²) in [4.78, 5) is 40.4. The number of hydrogen-bond donors (Lipinski definition) is 3. The lowest BCUT2D eigenvalue weighted by atomic mass is 9.90. The molecule has 4 aromatic rings. The van der Waals surface area contributed by atoms with E-state index in [1.165, 1.54) is 0 Å². The fourth-order valence-corrected chi connectivity index (χ4v) is 5.56. The summed E-state index contributed by atoms with van der Waals surface area (Å²) in [6.07, 6.45) is 1.07. The summed E-state index contributed by atoms with van der Waals surface area (Å²) in [5, 5.41) is 8.56. The fraction of sp³-hybridized carbons (Fsp3) is 0.265. The van der Waals surface area contributed by atoms with Crippen LogP contribution in [-0.4, -0.2) is 54.3 Å². The number of benzene rings is 4. The normalized spacial score (nSPS) is 17.4. The number of nitrogens with zero attached hydrogens (tertiary/aromatic N) is 1. The number of carbonyl (C=O) groups is 3. The van der Waals surface area contributed by atoms with Gasteiger partial charge in [0.2, 0.25) is 11.8 Å². The van der Waals surface area contributed by atoms with Crippen LogP contribution in [0.4, 0.5) is 0 Å². The molecular formula is C34H36N4O3. The highest BCUT2D eigenvalue weighted by Gasteiger charge is 2.33. The van der Waals surface area contributed by atoms with Crippen LogP contribution in [-0.2, 0) is 9.59 Å². The molecule has 0 aliphatic carbocycles. The van der Waals surface area contributed by atoms with Gasteiger partial charge in [-0.2, -0.15) is 0 Å².